The third-order valence-corrected chi connectivity index (χ3v) is 6.47. The van der Waals surface area contributed by atoms with Crippen molar-refractivity contribution in [3.8, 4) is 0 Å². The summed E-state index contributed by atoms with van der Waals surface area (Å²) in [5.74, 6) is 0.155. The second-order valence-electron chi connectivity index (χ2n) is 8.49. The minimum atomic E-state index is -0.0712. The Balaban J connectivity index is 1.50. The number of hydrogen-bond donors (Lipinski definition) is 0. The third kappa shape index (κ3) is 4.13. The van der Waals surface area contributed by atoms with E-state index < -0.39 is 0 Å². The number of carbonyl (C=O) groups excluding carboxylic acids is 2. The average Bonchev–Trinajstić information content (AvgIpc) is 2.98. The van der Waals surface area contributed by atoms with Crippen LogP contribution in [0.15, 0.2) is 60.4 Å². The van der Waals surface area contributed by atoms with Crippen molar-refractivity contribution in [1.82, 2.24) is 4.90 Å². The normalized spacial score (nSPS) is 20.3. The van der Waals surface area contributed by atoms with Crippen molar-refractivity contribution in [3.05, 3.63) is 93.3 Å². The molecule has 1 aliphatic heterocycles. The van der Waals surface area contributed by atoms with Crippen molar-refractivity contribution < 1.29 is 9.59 Å². The topological polar surface area (TPSA) is 37.4 Å². The van der Waals surface area contributed by atoms with Crippen LogP contribution in [-0.4, -0.2) is 16.5 Å². The summed E-state index contributed by atoms with van der Waals surface area (Å²) in [5, 5.41) is 0.701. The molecule has 154 valence electrons. The zero-order valence-corrected chi connectivity index (χ0v) is 18.4. The van der Waals surface area contributed by atoms with Crippen LogP contribution < -0.4 is 0 Å². The maximum absolute atomic E-state index is 13.0. The van der Waals surface area contributed by atoms with Crippen LogP contribution in [0.25, 0.3) is 0 Å². The van der Waals surface area contributed by atoms with Gasteiger partial charge in [-0.1, -0.05) is 35.9 Å². The number of ketones is 2. The molecular formula is C26H26ClNO2. The molecule has 0 N–H and O–H groups in total. The molecule has 2 aromatic rings. The molecule has 0 bridgehead atoms. The number of hydrogen-bond acceptors (Lipinski definition) is 3. The Labute approximate surface area is 183 Å². The van der Waals surface area contributed by atoms with Crippen LogP contribution in [0.2, 0.25) is 5.02 Å². The Hall–Kier alpha value is -2.65. The van der Waals surface area contributed by atoms with Crippen LogP contribution in [0.1, 0.15) is 46.0 Å². The fourth-order valence-electron chi connectivity index (χ4n) is 4.49. The second kappa shape index (κ2) is 8.23. The highest BCUT2D eigenvalue weighted by molar-refractivity contribution is 6.30. The molecule has 1 aliphatic carbocycles. The number of allylic oxidation sites excluding steroid dienone is 2. The first-order valence-corrected chi connectivity index (χ1v) is 10.7. The van der Waals surface area contributed by atoms with Crippen molar-refractivity contribution >= 4 is 23.2 Å². The van der Waals surface area contributed by atoms with Gasteiger partial charge in [0.15, 0.2) is 11.6 Å². The zero-order valence-electron chi connectivity index (χ0n) is 17.6. The first-order valence-electron chi connectivity index (χ1n) is 10.4. The highest BCUT2D eigenvalue weighted by Crippen LogP contribution is 2.36. The van der Waals surface area contributed by atoms with E-state index in [9.17, 15) is 9.59 Å². The van der Waals surface area contributed by atoms with Crippen molar-refractivity contribution in [2.75, 3.05) is 0 Å². The smallest absolute Gasteiger partial charge is 0.166 e. The van der Waals surface area contributed by atoms with Crippen molar-refractivity contribution in [2.24, 2.45) is 11.8 Å². The molecule has 0 saturated heterocycles. The van der Waals surface area contributed by atoms with E-state index in [1.807, 2.05) is 54.6 Å². The molecule has 0 aromatic heterocycles. The van der Waals surface area contributed by atoms with Gasteiger partial charge in [-0.15, -0.1) is 0 Å². The Bertz CT molecular complexity index is 1080. The van der Waals surface area contributed by atoms with Gasteiger partial charge in [0.2, 0.25) is 0 Å². The number of fused-ring (bicyclic) bond motifs is 1. The van der Waals surface area contributed by atoms with Gasteiger partial charge in [-0.3, -0.25) is 9.59 Å². The number of halogens is 1. The molecule has 4 heteroatoms. The minimum Gasteiger partial charge on any atom is -0.350 e. The molecule has 30 heavy (non-hydrogen) atoms. The summed E-state index contributed by atoms with van der Waals surface area (Å²) in [6.45, 7) is 6.38. The summed E-state index contributed by atoms with van der Waals surface area (Å²) < 4.78 is 0. The number of aryl methyl sites for hydroxylation is 2. The highest BCUT2D eigenvalue weighted by Gasteiger charge is 2.34. The molecule has 0 fully saturated rings. The summed E-state index contributed by atoms with van der Waals surface area (Å²) in [4.78, 5) is 27.4. The molecule has 0 saturated carbocycles. The van der Waals surface area contributed by atoms with Crippen LogP contribution in [0, 0.1) is 25.7 Å². The predicted octanol–water partition coefficient (Wildman–Crippen LogP) is 5.82. The summed E-state index contributed by atoms with van der Waals surface area (Å²) in [5.41, 5.74) is 6.22. The Kier molecular flexibility index (Phi) is 5.66. The van der Waals surface area contributed by atoms with Gasteiger partial charge in [0, 0.05) is 46.9 Å². The average molecular weight is 420 g/mol. The van der Waals surface area contributed by atoms with Crippen LogP contribution in [0.4, 0.5) is 0 Å². The van der Waals surface area contributed by atoms with Crippen LogP contribution in [-0.2, 0) is 17.8 Å². The predicted molar refractivity (Wildman–Crippen MR) is 120 cm³/mol. The minimum absolute atomic E-state index is 0.0384. The highest BCUT2D eigenvalue weighted by atomic mass is 35.5. The lowest BCUT2D eigenvalue weighted by molar-refractivity contribution is -0.114. The SMILES string of the molecule is CC(=O)C1=CN(Cc2cccc(Cl)c2)C=CC1CC1Cc2cc(C)c(C)cc2C1=O. The molecular weight excluding hydrogens is 394 g/mol. The quantitative estimate of drug-likeness (QED) is 0.612. The lowest BCUT2D eigenvalue weighted by Crippen LogP contribution is -2.24. The van der Waals surface area contributed by atoms with Gasteiger partial charge in [0.05, 0.1) is 0 Å². The number of carbonyl (C=O) groups is 2. The zero-order chi connectivity index (χ0) is 21.4. The Morgan fingerprint density at radius 1 is 1.17 bits per heavy atom. The lowest BCUT2D eigenvalue weighted by Gasteiger charge is -2.27. The van der Waals surface area contributed by atoms with Gasteiger partial charge in [0.25, 0.3) is 0 Å². The molecule has 2 unspecified atom stereocenters. The van der Waals surface area contributed by atoms with E-state index >= 15 is 0 Å². The lowest BCUT2D eigenvalue weighted by atomic mass is 9.84. The molecule has 4 rings (SSSR count). The third-order valence-electron chi connectivity index (χ3n) is 6.24. The first kappa shape index (κ1) is 20.6. The maximum Gasteiger partial charge on any atom is 0.166 e. The largest absolute Gasteiger partial charge is 0.350 e. The number of rotatable bonds is 5. The fourth-order valence-corrected chi connectivity index (χ4v) is 4.70. The van der Waals surface area contributed by atoms with Gasteiger partial charge in [-0.05, 0) is 74.1 Å². The van der Waals surface area contributed by atoms with Crippen LogP contribution in [0.3, 0.4) is 0 Å². The van der Waals surface area contributed by atoms with E-state index in [0.717, 1.165) is 34.2 Å². The van der Waals surface area contributed by atoms with Crippen molar-refractivity contribution in [1.29, 1.82) is 0 Å². The summed E-state index contributed by atoms with van der Waals surface area (Å²) in [6.07, 6.45) is 7.43. The van der Waals surface area contributed by atoms with E-state index in [1.165, 1.54) is 5.56 Å². The molecule has 2 aliphatic rings. The van der Waals surface area contributed by atoms with E-state index in [4.69, 9.17) is 11.6 Å². The number of Topliss-reactive ketones (excluding diaryl/α,β-unsaturated/α-hetero) is 2. The van der Waals surface area contributed by atoms with Gasteiger partial charge >= 0.3 is 0 Å². The monoisotopic (exact) mass is 419 g/mol. The molecule has 1 heterocycles. The maximum atomic E-state index is 13.0. The Morgan fingerprint density at radius 3 is 2.67 bits per heavy atom. The standard InChI is InChI=1S/C26H26ClNO2/c1-16-9-21-13-22(26(30)24(21)10-17(16)2)12-20-7-8-28(15-25(20)18(3)29)14-19-5-4-6-23(27)11-19/h4-11,15,20,22H,12-14H2,1-3H3. The van der Waals surface area contributed by atoms with E-state index in [0.29, 0.717) is 18.0 Å². The van der Waals surface area contributed by atoms with Crippen LogP contribution in [0.5, 0.6) is 0 Å². The molecule has 2 aromatic carbocycles. The van der Waals surface area contributed by atoms with Gasteiger partial charge in [-0.2, -0.15) is 0 Å². The van der Waals surface area contributed by atoms with Gasteiger partial charge in [-0.25, -0.2) is 0 Å². The second-order valence-corrected chi connectivity index (χ2v) is 8.92. The molecule has 0 radical (unpaired) electrons. The number of nitrogens with zero attached hydrogens (tertiary/aromatic N) is 1. The molecule has 2 atom stereocenters. The van der Waals surface area contributed by atoms with Crippen molar-refractivity contribution in [2.45, 2.75) is 40.2 Å². The first-order chi connectivity index (χ1) is 14.3. The van der Waals surface area contributed by atoms with E-state index in [2.05, 4.69) is 19.1 Å². The van der Waals surface area contributed by atoms with Gasteiger partial charge < -0.3 is 4.90 Å². The molecule has 0 amide bonds. The Morgan fingerprint density at radius 2 is 1.93 bits per heavy atom. The van der Waals surface area contributed by atoms with Crippen LogP contribution >= 0.6 is 11.6 Å². The van der Waals surface area contributed by atoms with E-state index in [-0.39, 0.29) is 23.4 Å². The number of benzene rings is 2. The van der Waals surface area contributed by atoms with E-state index in [1.54, 1.807) is 6.92 Å². The molecule has 0 spiro atoms. The summed E-state index contributed by atoms with van der Waals surface area (Å²) in [7, 11) is 0. The van der Waals surface area contributed by atoms with Crippen molar-refractivity contribution in [3.63, 3.8) is 0 Å². The summed E-state index contributed by atoms with van der Waals surface area (Å²) in [6, 6.07) is 11.9. The summed E-state index contributed by atoms with van der Waals surface area (Å²) >= 11 is 6.09. The van der Waals surface area contributed by atoms with Gasteiger partial charge in [0.1, 0.15) is 0 Å². The molecule has 3 nitrogen and oxygen atoms in total. The fraction of sp³-hybridized carbons (Fsp3) is 0.308.